The molecule has 3 heterocycles. The topological polar surface area (TPSA) is 91.2 Å². The van der Waals surface area contributed by atoms with Gasteiger partial charge in [-0.05, 0) is 37.6 Å². The number of carbonyl (C=O) groups is 1. The van der Waals surface area contributed by atoms with Crippen molar-refractivity contribution in [1.82, 2.24) is 20.5 Å². The van der Waals surface area contributed by atoms with Crippen LogP contribution in [0.1, 0.15) is 22.6 Å². The van der Waals surface area contributed by atoms with E-state index >= 15 is 0 Å². The molecule has 7 nitrogen and oxygen atoms in total. The molecule has 0 aliphatic carbocycles. The lowest BCUT2D eigenvalue weighted by Gasteiger charge is -2.36. The van der Waals surface area contributed by atoms with Crippen molar-refractivity contribution in [3.05, 3.63) is 47.9 Å². The van der Waals surface area contributed by atoms with Crippen LogP contribution < -0.4 is 10.2 Å². The normalized spacial score (nSPS) is 21.0. The average Bonchev–Trinajstić information content (AvgIpc) is 2.58. The minimum absolute atomic E-state index is 0.266. The summed E-state index contributed by atoms with van der Waals surface area (Å²) >= 11 is 0. The van der Waals surface area contributed by atoms with Gasteiger partial charge in [0.15, 0.2) is 5.82 Å². The van der Waals surface area contributed by atoms with Crippen LogP contribution in [0, 0.1) is 6.92 Å². The van der Waals surface area contributed by atoms with Crippen LogP contribution in [0.3, 0.4) is 0 Å². The Morgan fingerprint density at radius 1 is 1.30 bits per heavy atom. The van der Waals surface area contributed by atoms with E-state index in [0.29, 0.717) is 25.2 Å². The molecule has 0 bridgehead atoms. The summed E-state index contributed by atoms with van der Waals surface area (Å²) < 4.78 is 0. The van der Waals surface area contributed by atoms with Crippen LogP contribution in [0.4, 0.5) is 5.82 Å². The van der Waals surface area contributed by atoms with E-state index < -0.39 is 6.10 Å². The Kier molecular flexibility index (Phi) is 4.47. The van der Waals surface area contributed by atoms with Gasteiger partial charge < -0.3 is 15.3 Å². The smallest absolute Gasteiger partial charge is 0.270 e. The second kappa shape index (κ2) is 6.70. The van der Waals surface area contributed by atoms with Crippen LogP contribution in [0.15, 0.2) is 36.5 Å². The number of anilines is 1. The lowest BCUT2D eigenvalue weighted by atomic mass is 10.0. The number of β-amino-alcohol motifs (C(OH)–C–C–N with tert-alkyl or cyclic N) is 1. The van der Waals surface area contributed by atoms with Crippen molar-refractivity contribution in [1.29, 1.82) is 0 Å². The van der Waals surface area contributed by atoms with E-state index in [2.05, 4.69) is 20.5 Å². The monoisotopic (exact) mass is 313 g/mol. The van der Waals surface area contributed by atoms with Crippen molar-refractivity contribution in [2.24, 2.45) is 0 Å². The number of nitrogens with one attached hydrogen (secondary N) is 1. The number of carbonyl (C=O) groups excluding carboxylic acids is 1. The number of aliphatic hydroxyl groups is 1. The maximum atomic E-state index is 12.1. The van der Waals surface area contributed by atoms with E-state index in [0.717, 1.165) is 11.5 Å². The van der Waals surface area contributed by atoms with Crippen molar-refractivity contribution in [2.75, 3.05) is 18.0 Å². The van der Waals surface area contributed by atoms with Crippen molar-refractivity contribution < 1.29 is 9.90 Å². The average molecular weight is 313 g/mol. The molecular weight excluding hydrogens is 294 g/mol. The van der Waals surface area contributed by atoms with Crippen LogP contribution in [-0.2, 0) is 0 Å². The van der Waals surface area contributed by atoms with Gasteiger partial charge in [0.2, 0.25) is 0 Å². The highest BCUT2D eigenvalue weighted by Crippen LogP contribution is 2.18. The molecule has 0 aromatic carbocycles. The van der Waals surface area contributed by atoms with Gasteiger partial charge in [-0.15, -0.1) is 5.10 Å². The fourth-order valence-corrected chi connectivity index (χ4v) is 2.61. The zero-order chi connectivity index (χ0) is 16.2. The minimum atomic E-state index is -0.667. The number of hydrogen-bond donors (Lipinski definition) is 2. The molecule has 0 radical (unpaired) electrons. The molecule has 23 heavy (non-hydrogen) atoms. The van der Waals surface area contributed by atoms with E-state index in [9.17, 15) is 9.90 Å². The van der Waals surface area contributed by atoms with E-state index in [-0.39, 0.29) is 11.9 Å². The highest BCUT2D eigenvalue weighted by Gasteiger charge is 2.30. The first-order valence-electron chi connectivity index (χ1n) is 7.59. The van der Waals surface area contributed by atoms with Crippen LogP contribution in [0.25, 0.3) is 0 Å². The second-order valence-electron chi connectivity index (χ2n) is 5.63. The molecule has 1 aliphatic heterocycles. The molecule has 2 aromatic heterocycles. The van der Waals surface area contributed by atoms with Crippen molar-refractivity contribution >= 4 is 11.7 Å². The van der Waals surface area contributed by atoms with Crippen LogP contribution in [0.5, 0.6) is 0 Å². The van der Waals surface area contributed by atoms with Gasteiger partial charge >= 0.3 is 0 Å². The summed E-state index contributed by atoms with van der Waals surface area (Å²) in [6.07, 6.45) is 1.54. The Hall–Kier alpha value is -2.54. The zero-order valence-electron chi connectivity index (χ0n) is 12.9. The maximum Gasteiger partial charge on any atom is 0.270 e. The Morgan fingerprint density at radius 2 is 2.17 bits per heavy atom. The minimum Gasteiger partial charge on any atom is -0.389 e. The predicted octanol–water partition coefficient (Wildman–Crippen LogP) is 0.550. The first-order chi connectivity index (χ1) is 11.1. The molecule has 3 rings (SSSR count). The van der Waals surface area contributed by atoms with Gasteiger partial charge in [0.25, 0.3) is 5.91 Å². The summed E-state index contributed by atoms with van der Waals surface area (Å²) in [4.78, 5) is 18.1. The molecule has 1 amide bonds. The lowest BCUT2D eigenvalue weighted by molar-refractivity contribution is 0.0793. The molecule has 1 saturated heterocycles. The molecule has 2 aromatic rings. The number of piperidine rings is 1. The number of nitrogens with zero attached hydrogens (tertiary/aromatic N) is 4. The summed E-state index contributed by atoms with van der Waals surface area (Å²) in [7, 11) is 0. The number of aromatic nitrogens is 3. The highest BCUT2D eigenvalue weighted by molar-refractivity contribution is 5.92. The third kappa shape index (κ3) is 3.62. The van der Waals surface area contributed by atoms with E-state index in [1.165, 1.54) is 0 Å². The van der Waals surface area contributed by atoms with Gasteiger partial charge in [-0.2, -0.15) is 5.10 Å². The van der Waals surface area contributed by atoms with Gasteiger partial charge in [0, 0.05) is 19.3 Å². The molecule has 2 atom stereocenters. The van der Waals surface area contributed by atoms with Crippen molar-refractivity contribution in [2.45, 2.75) is 25.5 Å². The van der Waals surface area contributed by atoms with Crippen LogP contribution >= 0.6 is 0 Å². The summed E-state index contributed by atoms with van der Waals surface area (Å²) in [5.41, 5.74) is 1.21. The van der Waals surface area contributed by atoms with E-state index in [4.69, 9.17) is 0 Å². The second-order valence-corrected chi connectivity index (χ2v) is 5.63. The summed E-state index contributed by atoms with van der Waals surface area (Å²) in [6, 6.07) is 8.66. The summed E-state index contributed by atoms with van der Waals surface area (Å²) in [5, 5.41) is 21.4. The first kappa shape index (κ1) is 15.4. The molecular formula is C16H19N5O2. The standard InChI is InChI=1S/C16H19N5O2/c1-11-5-6-15(20-19-11)21-9-7-12(14(22)10-21)18-16(23)13-4-2-3-8-17-13/h2-6,8,12,14,22H,7,9-10H2,1H3,(H,18,23)/t12-,14-/m1/s1. The molecule has 120 valence electrons. The van der Waals surface area contributed by atoms with Gasteiger partial charge in [-0.3, -0.25) is 9.78 Å². The van der Waals surface area contributed by atoms with E-state index in [1.54, 1.807) is 24.4 Å². The lowest BCUT2D eigenvalue weighted by Crippen LogP contribution is -2.54. The molecule has 0 saturated carbocycles. The van der Waals surface area contributed by atoms with Gasteiger partial charge in [-0.25, -0.2) is 0 Å². The van der Waals surface area contributed by atoms with Crippen molar-refractivity contribution in [3.63, 3.8) is 0 Å². The largest absolute Gasteiger partial charge is 0.389 e. The Bertz CT molecular complexity index is 662. The maximum absolute atomic E-state index is 12.1. The number of aryl methyl sites for hydroxylation is 1. The molecule has 0 unspecified atom stereocenters. The Balaban J connectivity index is 1.60. The van der Waals surface area contributed by atoms with Crippen molar-refractivity contribution in [3.8, 4) is 0 Å². The fraction of sp³-hybridized carbons (Fsp3) is 0.375. The molecule has 2 N–H and O–H groups in total. The number of aliphatic hydroxyl groups excluding tert-OH is 1. The van der Waals surface area contributed by atoms with Crippen LogP contribution in [0.2, 0.25) is 0 Å². The number of rotatable bonds is 3. The molecule has 0 spiro atoms. The predicted molar refractivity (Wildman–Crippen MR) is 85.1 cm³/mol. The first-order valence-corrected chi connectivity index (χ1v) is 7.59. The van der Waals surface area contributed by atoms with Crippen LogP contribution in [-0.4, -0.2) is 51.4 Å². The number of amides is 1. The molecule has 7 heteroatoms. The number of pyridine rings is 1. The zero-order valence-corrected chi connectivity index (χ0v) is 12.9. The summed E-state index contributed by atoms with van der Waals surface area (Å²) in [5.74, 6) is 0.474. The Morgan fingerprint density at radius 3 is 2.83 bits per heavy atom. The van der Waals surface area contributed by atoms with Gasteiger partial charge in [-0.1, -0.05) is 6.07 Å². The number of hydrogen-bond acceptors (Lipinski definition) is 6. The molecule has 1 fully saturated rings. The summed E-state index contributed by atoms with van der Waals surface area (Å²) in [6.45, 7) is 2.98. The Labute approximate surface area is 134 Å². The third-order valence-corrected chi connectivity index (χ3v) is 3.90. The van der Waals surface area contributed by atoms with Gasteiger partial charge in [0.05, 0.1) is 17.8 Å². The van der Waals surface area contributed by atoms with E-state index in [1.807, 2.05) is 24.0 Å². The SMILES string of the molecule is Cc1ccc(N2CC[C@@H](NC(=O)c3ccccn3)[C@H](O)C2)nn1. The molecule has 1 aliphatic rings. The quantitative estimate of drug-likeness (QED) is 0.860. The van der Waals surface area contributed by atoms with Gasteiger partial charge in [0.1, 0.15) is 5.69 Å². The fourth-order valence-electron chi connectivity index (χ4n) is 2.61. The highest BCUT2D eigenvalue weighted by atomic mass is 16.3. The third-order valence-electron chi connectivity index (χ3n) is 3.90.